The molecule has 0 saturated heterocycles. The number of nitrogens with two attached hydrogens (primary N) is 1. The molecule has 3 nitrogen and oxygen atoms in total. The van der Waals surface area contributed by atoms with Crippen LogP contribution in [0.4, 0.5) is 0 Å². The molecule has 0 aliphatic carbocycles. The molecule has 0 aromatic carbocycles. The molecule has 14 heavy (non-hydrogen) atoms. The van der Waals surface area contributed by atoms with E-state index >= 15 is 0 Å². The molecule has 0 unspecified atom stereocenters. The minimum atomic E-state index is 0.187. The van der Waals surface area contributed by atoms with Gasteiger partial charge in [-0.25, -0.2) is 0 Å². The van der Waals surface area contributed by atoms with E-state index in [0.29, 0.717) is 0 Å². The molecule has 0 amide bonds. The summed E-state index contributed by atoms with van der Waals surface area (Å²) in [7, 11) is 0. The van der Waals surface area contributed by atoms with E-state index in [2.05, 4.69) is 38.7 Å². The van der Waals surface area contributed by atoms with Gasteiger partial charge in [-0.2, -0.15) is 5.10 Å². The summed E-state index contributed by atoms with van der Waals surface area (Å²) in [5.74, 6) is 0. The molecule has 0 spiro atoms. The maximum atomic E-state index is 5.29. The molecule has 1 aromatic rings. The van der Waals surface area contributed by atoms with Crippen LogP contribution in [-0.2, 0) is 0 Å². The Hall–Kier alpha value is -0.460. The Balaban J connectivity index is 2.81. The molecule has 1 heterocycles. The van der Waals surface area contributed by atoms with Crippen molar-refractivity contribution >= 4 is 50.3 Å². The SMILES string of the molecule is CC/C(=N/NC(N)=S)c1ccc(Br)s1. The van der Waals surface area contributed by atoms with Gasteiger partial charge in [0.15, 0.2) is 5.11 Å². The molecule has 0 atom stereocenters. The predicted octanol–water partition coefficient (Wildman–Crippen LogP) is 2.46. The fraction of sp³-hybridized carbons (Fsp3) is 0.250. The lowest BCUT2D eigenvalue weighted by molar-refractivity contribution is 1.02. The minimum Gasteiger partial charge on any atom is -0.375 e. The Kier molecular flexibility index (Phi) is 4.50. The molecule has 0 aliphatic rings. The van der Waals surface area contributed by atoms with Crippen molar-refractivity contribution in [2.75, 3.05) is 0 Å². The Morgan fingerprint density at radius 1 is 1.71 bits per heavy atom. The largest absolute Gasteiger partial charge is 0.375 e. The smallest absolute Gasteiger partial charge is 0.184 e. The monoisotopic (exact) mass is 291 g/mol. The molecular formula is C8H10BrN3S2. The van der Waals surface area contributed by atoms with Gasteiger partial charge in [0.05, 0.1) is 14.4 Å². The zero-order valence-corrected chi connectivity index (χ0v) is 10.8. The van der Waals surface area contributed by atoms with Crippen molar-refractivity contribution in [1.29, 1.82) is 0 Å². The summed E-state index contributed by atoms with van der Waals surface area (Å²) in [4.78, 5) is 1.11. The molecule has 0 radical (unpaired) electrons. The average molecular weight is 292 g/mol. The van der Waals surface area contributed by atoms with Crippen LogP contribution in [0.5, 0.6) is 0 Å². The quantitative estimate of drug-likeness (QED) is 0.511. The molecule has 1 aromatic heterocycles. The minimum absolute atomic E-state index is 0.187. The molecule has 0 bridgehead atoms. The van der Waals surface area contributed by atoms with Crippen molar-refractivity contribution in [1.82, 2.24) is 5.43 Å². The molecule has 3 N–H and O–H groups in total. The van der Waals surface area contributed by atoms with Gasteiger partial charge >= 0.3 is 0 Å². The van der Waals surface area contributed by atoms with Crippen LogP contribution in [0.15, 0.2) is 21.0 Å². The maximum Gasteiger partial charge on any atom is 0.184 e. The van der Waals surface area contributed by atoms with E-state index in [-0.39, 0.29) is 5.11 Å². The normalized spacial score (nSPS) is 11.4. The molecule has 0 saturated carbocycles. The van der Waals surface area contributed by atoms with Gasteiger partial charge in [-0.15, -0.1) is 11.3 Å². The van der Waals surface area contributed by atoms with Crippen LogP contribution in [0.3, 0.4) is 0 Å². The summed E-state index contributed by atoms with van der Waals surface area (Å²) in [5.41, 5.74) is 8.83. The summed E-state index contributed by atoms with van der Waals surface area (Å²) in [6.07, 6.45) is 0.836. The molecule has 6 heteroatoms. The summed E-state index contributed by atoms with van der Waals surface area (Å²) in [5, 5.41) is 4.30. The van der Waals surface area contributed by atoms with E-state index in [1.54, 1.807) is 11.3 Å². The zero-order valence-electron chi connectivity index (χ0n) is 7.58. The number of hydrazone groups is 1. The van der Waals surface area contributed by atoms with E-state index in [1.807, 2.05) is 19.1 Å². The number of thiophene rings is 1. The van der Waals surface area contributed by atoms with Gasteiger partial charge < -0.3 is 5.73 Å². The first-order valence-corrected chi connectivity index (χ1v) is 6.03. The van der Waals surface area contributed by atoms with Crippen LogP contribution in [-0.4, -0.2) is 10.8 Å². The van der Waals surface area contributed by atoms with Crippen LogP contribution in [0, 0.1) is 0 Å². The van der Waals surface area contributed by atoms with Gasteiger partial charge in [-0.05, 0) is 46.7 Å². The second-order valence-electron chi connectivity index (χ2n) is 2.49. The van der Waals surface area contributed by atoms with Gasteiger partial charge in [0, 0.05) is 0 Å². The van der Waals surface area contributed by atoms with Gasteiger partial charge in [0.2, 0.25) is 0 Å². The van der Waals surface area contributed by atoms with Crippen LogP contribution < -0.4 is 11.2 Å². The summed E-state index contributed by atoms with van der Waals surface area (Å²) in [6, 6.07) is 4.00. The number of hydrogen-bond acceptors (Lipinski definition) is 3. The predicted molar refractivity (Wildman–Crippen MR) is 68.8 cm³/mol. The third-order valence-corrected chi connectivity index (χ3v) is 3.26. The summed E-state index contributed by atoms with van der Waals surface area (Å²) >= 11 is 9.71. The fourth-order valence-corrected chi connectivity index (χ4v) is 2.39. The second kappa shape index (κ2) is 5.43. The first kappa shape index (κ1) is 11.6. The van der Waals surface area contributed by atoms with Crippen molar-refractivity contribution in [3.05, 3.63) is 20.8 Å². The third-order valence-electron chi connectivity index (χ3n) is 1.49. The summed E-state index contributed by atoms with van der Waals surface area (Å²) < 4.78 is 1.09. The third kappa shape index (κ3) is 3.36. The topological polar surface area (TPSA) is 50.4 Å². The van der Waals surface area contributed by atoms with E-state index in [4.69, 9.17) is 5.73 Å². The van der Waals surface area contributed by atoms with Gasteiger partial charge in [-0.1, -0.05) is 6.92 Å². The van der Waals surface area contributed by atoms with Crippen LogP contribution in [0.1, 0.15) is 18.2 Å². The molecule has 0 fully saturated rings. The lowest BCUT2D eigenvalue weighted by atomic mass is 10.2. The average Bonchev–Trinajstić information content (AvgIpc) is 2.53. The van der Waals surface area contributed by atoms with Crippen LogP contribution >= 0.6 is 39.5 Å². The lowest BCUT2D eigenvalue weighted by Crippen LogP contribution is -2.25. The van der Waals surface area contributed by atoms with Crippen molar-refractivity contribution in [3.8, 4) is 0 Å². The first-order chi connectivity index (χ1) is 6.63. The first-order valence-electron chi connectivity index (χ1n) is 4.01. The maximum absolute atomic E-state index is 5.29. The van der Waals surface area contributed by atoms with Crippen molar-refractivity contribution < 1.29 is 0 Å². The Morgan fingerprint density at radius 2 is 2.43 bits per heavy atom. The number of thiocarbonyl (C=S) groups is 1. The highest BCUT2D eigenvalue weighted by atomic mass is 79.9. The molecule has 76 valence electrons. The molecule has 0 aliphatic heterocycles. The Bertz CT molecular complexity index is 359. The second-order valence-corrected chi connectivity index (χ2v) is 5.39. The van der Waals surface area contributed by atoms with Crippen molar-refractivity contribution in [3.63, 3.8) is 0 Å². The fourth-order valence-electron chi connectivity index (χ4n) is 0.900. The highest BCUT2D eigenvalue weighted by Crippen LogP contribution is 2.23. The van der Waals surface area contributed by atoms with Crippen LogP contribution in [0.2, 0.25) is 0 Å². The van der Waals surface area contributed by atoms with E-state index < -0.39 is 0 Å². The summed E-state index contributed by atoms with van der Waals surface area (Å²) in [6.45, 7) is 2.04. The number of nitrogens with zero attached hydrogens (tertiary/aromatic N) is 1. The number of halogens is 1. The van der Waals surface area contributed by atoms with Crippen molar-refractivity contribution in [2.24, 2.45) is 10.8 Å². The van der Waals surface area contributed by atoms with Gasteiger partial charge in [0.25, 0.3) is 0 Å². The number of rotatable bonds is 3. The molecular weight excluding hydrogens is 282 g/mol. The highest BCUT2D eigenvalue weighted by molar-refractivity contribution is 9.11. The Morgan fingerprint density at radius 3 is 2.86 bits per heavy atom. The van der Waals surface area contributed by atoms with Crippen LogP contribution in [0.25, 0.3) is 0 Å². The Labute approximate surface area is 101 Å². The van der Waals surface area contributed by atoms with E-state index in [1.165, 1.54) is 0 Å². The standard InChI is InChI=1S/C8H10BrN3S2/c1-2-5(11-12-8(10)13)6-3-4-7(9)14-6/h3-4H,2H2,1H3,(H3,10,12,13)/b11-5-. The number of nitrogens with one attached hydrogen (secondary N) is 1. The highest BCUT2D eigenvalue weighted by Gasteiger charge is 2.04. The number of hydrogen-bond donors (Lipinski definition) is 2. The zero-order chi connectivity index (χ0) is 10.6. The van der Waals surface area contributed by atoms with Gasteiger partial charge in [0.1, 0.15) is 0 Å². The van der Waals surface area contributed by atoms with E-state index in [0.717, 1.165) is 20.8 Å². The molecule has 1 rings (SSSR count). The van der Waals surface area contributed by atoms with E-state index in [9.17, 15) is 0 Å². The van der Waals surface area contributed by atoms with Crippen molar-refractivity contribution in [2.45, 2.75) is 13.3 Å². The lowest BCUT2D eigenvalue weighted by Gasteiger charge is -2.00. The van der Waals surface area contributed by atoms with Gasteiger partial charge in [-0.3, -0.25) is 5.43 Å².